The largest absolute Gasteiger partial charge is 0.352 e. The van der Waals surface area contributed by atoms with E-state index in [-0.39, 0.29) is 11.8 Å². The second-order valence-corrected chi connectivity index (χ2v) is 8.38. The van der Waals surface area contributed by atoms with E-state index in [4.69, 9.17) is 5.21 Å². The Labute approximate surface area is 205 Å². The quantitative estimate of drug-likeness (QED) is 0.145. The number of rotatable bonds is 12. The molecule has 0 bridgehead atoms. The summed E-state index contributed by atoms with van der Waals surface area (Å²) in [5.74, 6) is 0.678. The number of carbonyl (C=O) groups excluding carboxylic acids is 2. The number of nitrogens with one attached hydrogen (secondary N) is 4. The Kier molecular flexibility index (Phi) is 9.56. The number of carbonyl (C=O) groups is 2. The fourth-order valence-electron chi connectivity index (χ4n) is 3.45. The van der Waals surface area contributed by atoms with Gasteiger partial charge < -0.3 is 16.0 Å². The number of amides is 2. The molecule has 0 spiro atoms. The molecule has 0 radical (unpaired) electrons. The molecule has 0 saturated heterocycles. The van der Waals surface area contributed by atoms with Crippen LogP contribution >= 0.6 is 0 Å². The van der Waals surface area contributed by atoms with Crippen LogP contribution in [-0.4, -0.2) is 33.5 Å². The molecule has 0 aliphatic rings. The van der Waals surface area contributed by atoms with E-state index in [1.165, 1.54) is 0 Å². The zero-order valence-corrected chi connectivity index (χ0v) is 20.1. The maximum Gasteiger partial charge on any atom is 0.251 e. The fourth-order valence-corrected chi connectivity index (χ4v) is 3.45. The highest BCUT2D eigenvalue weighted by Gasteiger charge is 2.08. The predicted octanol–water partition coefficient (Wildman–Crippen LogP) is 4.77. The Morgan fingerprint density at radius 1 is 0.914 bits per heavy atom. The molecule has 35 heavy (non-hydrogen) atoms. The standard InChI is InChI=1S/C26H32N6O3/c1-18-8-7-9-22(16-18)29-24-19(2)17-28-26(31-24)30-21-13-11-20(12-14-21)25(34)27-15-6-4-3-5-10-23(33)32-35/h7-9,11-14,16-17,35H,3-6,10,15H2,1-2H3,(H,27,34)(H,32,33)(H2,28,29,30,31). The number of anilines is 4. The van der Waals surface area contributed by atoms with E-state index < -0.39 is 0 Å². The number of hydrogen-bond acceptors (Lipinski definition) is 7. The fraction of sp³-hybridized carbons (Fsp3) is 0.308. The van der Waals surface area contributed by atoms with Crippen molar-refractivity contribution in [3.05, 3.63) is 71.4 Å². The lowest BCUT2D eigenvalue weighted by atomic mass is 10.1. The molecule has 1 heterocycles. The van der Waals surface area contributed by atoms with E-state index in [0.29, 0.717) is 30.9 Å². The molecule has 2 amide bonds. The maximum absolute atomic E-state index is 12.4. The number of hydrogen-bond donors (Lipinski definition) is 5. The SMILES string of the molecule is Cc1cccc(Nc2nc(Nc3ccc(C(=O)NCCCCCCC(=O)NO)cc3)ncc2C)c1. The predicted molar refractivity (Wildman–Crippen MR) is 136 cm³/mol. The Balaban J connectivity index is 1.47. The van der Waals surface area contributed by atoms with Crippen LogP contribution in [0.15, 0.2) is 54.7 Å². The molecule has 9 heteroatoms. The highest BCUT2D eigenvalue weighted by molar-refractivity contribution is 5.94. The molecule has 3 aromatic rings. The van der Waals surface area contributed by atoms with Gasteiger partial charge in [-0.05, 0) is 68.7 Å². The summed E-state index contributed by atoms with van der Waals surface area (Å²) < 4.78 is 0. The van der Waals surface area contributed by atoms with Crippen LogP contribution in [0.25, 0.3) is 0 Å². The minimum atomic E-state index is -0.371. The van der Waals surface area contributed by atoms with Gasteiger partial charge in [0.15, 0.2) is 0 Å². The summed E-state index contributed by atoms with van der Waals surface area (Å²) in [6, 6.07) is 15.2. The Hall–Kier alpha value is -3.98. The molecule has 0 aliphatic heterocycles. The average molecular weight is 477 g/mol. The number of nitrogens with zero attached hydrogens (tertiary/aromatic N) is 2. The molecule has 0 fully saturated rings. The third-order valence-corrected chi connectivity index (χ3v) is 5.40. The van der Waals surface area contributed by atoms with Gasteiger partial charge in [0.1, 0.15) is 5.82 Å². The second kappa shape index (κ2) is 13.0. The molecule has 0 aliphatic carbocycles. The van der Waals surface area contributed by atoms with Crippen LogP contribution in [0.5, 0.6) is 0 Å². The van der Waals surface area contributed by atoms with Crippen LogP contribution < -0.4 is 21.4 Å². The number of aromatic nitrogens is 2. The van der Waals surface area contributed by atoms with E-state index in [9.17, 15) is 9.59 Å². The molecule has 2 aromatic carbocycles. The van der Waals surface area contributed by atoms with Gasteiger partial charge >= 0.3 is 0 Å². The topological polar surface area (TPSA) is 128 Å². The minimum absolute atomic E-state index is 0.132. The first-order valence-electron chi connectivity index (χ1n) is 11.7. The lowest BCUT2D eigenvalue weighted by Gasteiger charge is -2.12. The number of aryl methyl sites for hydroxylation is 2. The van der Waals surface area contributed by atoms with Crippen LogP contribution in [0, 0.1) is 13.8 Å². The number of hydroxylamine groups is 1. The summed E-state index contributed by atoms with van der Waals surface area (Å²) in [6.45, 7) is 4.56. The molecule has 0 atom stereocenters. The van der Waals surface area contributed by atoms with Crippen molar-refractivity contribution in [2.24, 2.45) is 0 Å². The van der Waals surface area contributed by atoms with Gasteiger partial charge in [0.25, 0.3) is 5.91 Å². The third-order valence-electron chi connectivity index (χ3n) is 5.40. The Bertz CT molecular complexity index is 1130. The molecule has 1 aromatic heterocycles. The van der Waals surface area contributed by atoms with E-state index in [1.54, 1.807) is 23.8 Å². The van der Waals surface area contributed by atoms with Crippen molar-refractivity contribution in [1.82, 2.24) is 20.8 Å². The number of unbranched alkanes of at least 4 members (excludes halogenated alkanes) is 3. The van der Waals surface area contributed by atoms with E-state index in [2.05, 4.69) is 32.0 Å². The third kappa shape index (κ3) is 8.38. The zero-order valence-electron chi connectivity index (χ0n) is 20.1. The summed E-state index contributed by atoms with van der Waals surface area (Å²) in [6.07, 6.45) is 5.38. The molecule has 3 rings (SSSR count). The van der Waals surface area contributed by atoms with Crippen LogP contribution in [0.4, 0.5) is 23.1 Å². The normalized spacial score (nSPS) is 10.5. The van der Waals surface area contributed by atoms with Gasteiger partial charge in [0, 0.05) is 41.7 Å². The van der Waals surface area contributed by atoms with Gasteiger partial charge in [0.2, 0.25) is 11.9 Å². The Morgan fingerprint density at radius 2 is 1.69 bits per heavy atom. The number of benzene rings is 2. The minimum Gasteiger partial charge on any atom is -0.352 e. The van der Waals surface area contributed by atoms with Crippen molar-refractivity contribution >= 4 is 35.0 Å². The lowest BCUT2D eigenvalue weighted by Crippen LogP contribution is -2.24. The van der Waals surface area contributed by atoms with Crippen molar-refractivity contribution < 1.29 is 14.8 Å². The van der Waals surface area contributed by atoms with Crippen LogP contribution in [0.3, 0.4) is 0 Å². The Morgan fingerprint density at radius 3 is 2.43 bits per heavy atom. The van der Waals surface area contributed by atoms with Crippen LogP contribution in [0.1, 0.15) is 53.6 Å². The van der Waals surface area contributed by atoms with Crippen LogP contribution in [-0.2, 0) is 4.79 Å². The van der Waals surface area contributed by atoms with Gasteiger partial charge in [-0.1, -0.05) is 25.0 Å². The van der Waals surface area contributed by atoms with Crippen molar-refractivity contribution in [1.29, 1.82) is 0 Å². The van der Waals surface area contributed by atoms with Gasteiger partial charge in [0.05, 0.1) is 0 Å². The van der Waals surface area contributed by atoms with Gasteiger partial charge in [-0.2, -0.15) is 4.98 Å². The molecular weight excluding hydrogens is 444 g/mol. The van der Waals surface area contributed by atoms with Gasteiger partial charge in [-0.15, -0.1) is 0 Å². The molecular formula is C26H32N6O3. The highest BCUT2D eigenvalue weighted by atomic mass is 16.5. The second-order valence-electron chi connectivity index (χ2n) is 8.38. The average Bonchev–Trinajstić information content (AvgIpc) is 2.85. The van der Waals surface area contributed by atoms with Crippen molar-refractivity contribution in [2.75, 3.05) is 17.2 Å². The van der Waals surface area contributed by atoms with Crippen molar-refractivity contribution in [2.45, 2.75) is 46.0 Å². The van der Waals surface area contributed by atoms with Crippen LogP contribution in [0.2, 0.25) is 0 Å². The monoisotopic (exact) mass is 476 g/mol. The first-order chi connectivity index (χ1) is 16.9. The maximum atomic E-state index is 12.4. The van der Waals surface area contributed by atoms with E-state index in [0.717, 1.165) is 47.6 Å². The summed E-state index contributed by atoms with van der Waals surface area (Å²) >= 11 is 0. The lowest BCUT2D eigenvalue weighted by molar-refractivity contribution is -0.129. The zero-order chi connectivity index (χ0) is 25.0. The van der Waals surface area contributed by atoms with Crippen molar-refractivity contribution in [3.63, 3.8) is 0 Å². The summed E-state index contributed by atoms with van der Waals surface area (Å²) in [5, 5.41) is 17.9. The smallest absolute Gasteiger partial charge is 0.251 e. The van der Waals surface area contributed by atoms with E-state index in [1.807, 2.05) is 44.2 Å². The molecule has 5 N–H and O–H groups in total. The molecule has 0 unspecified atom stereocenters. The molecule has 0 saturated carbocycles. The first kappa shape index (κ1) is 25.6. The molecule has 9 nitrogen and oxygen atoms in total. The van der Waals surface area contributed by atoms with Crippen molar-refractivity contribution in [3.8, 4) is 0 Å². The van der Waals surface area contributed by atoms with Gasteiger partial charge in [-0.25, -0.2) is 10.5 Å². The van der Waals surface area contributed by atoms with Gasteiger partial charge in [-0.3, -0.25) is 14.8 Å². The summed E-state index contributed by atoms with van der Waals surface area (Å²) in [5.41, 5.74) is 6.02. The van der Waals surface area contributed by atoms with E-state index >= 15 is 0 Å². The molecule has 184 valence electrons. The highest BCUT2D eigenvalue weighted by Crippen LogP contribution is 2.21. The summed E-state index contributed by atoms with van der Waals surface area (Å²) in [4.78, 5) is 32.3. The first-order valence-corrected chi connectivity index (χ1v) is 11.7. The summed E-state index contributed by atoms with van der Waals surface area (Å²) in [7, 11) is 0.